The second-order valence-corrected chi connectivity index (χ2v) is 8.17. The molecule has 1 amide bonds. The molecule has 1 aromatic heterocycles. The molecular weight excluding hydrogens is 402 g/mol. The zero-order chi connectivity index (χ0) is 22.5. The molecule has 166 valence electrons. The maximum absolute atomic E-state index is 13.2. The standard InChI is InChI=1S/C26H29N3O3/c1-20-6-3-7-21(18-20)19-29-13-4-8-24(26(29)31)25(30)28-15-5-14-27(16-17-28)22-9-11-23(32-2)12-10-22/h3-4,6-13,18H,5,14-17,19H2,1-2H3. The smallest absolute Gasteiger partial charge is 0.263 e. The average molecular weight is 432 g/mol. The summed E-state index contributed by atoms with van der Waals surface area (Å²) in [5, 5.41) is 0. The fourth-order valence-corrected chi connectivity index (χ4v) is 4.17. The van der Waals surface area contributed by atoms with Crippen LogP contribution in [0.2, 0.25) is 0 Å². The molecule has 2 aromatic carbocycles. The van der Waals surface area contributed by atoms with E-state index < -0.39 is 0 Å². The van der Waals surface area contributed by atoms with E-state index in [1.807, 2.05) is 49.4 Å². The summed E-state index contributed by atoms with van der Waals surface area (Å²) >= 11 is 0. The van der Waals surface area contributed by atoms with Crippen molar-refractivity contribution in [3.8, 4) is 5.75 Å². The lowest BCUT2D eigenvalue weighted by Gasteiger charge is -2.24. The summed E-state index contributed by atoms with van der Waals surface area (Å²) < 4.78 is 6.85. The van der Waals surface area contributed by atoms with Gasteiger partial charge in [-0.05, 0) is 55.3 Å². The molecule has 4 rings (SSSR count). The van der Waals surface area contributed by atoms with E-state index in [4.69, 9.17) is 4.74 Å². The van der Waals surface area contributed by atoms with E-state index in [9.17, 15) is 9.59 Å². The molecule has 32 heavy (non-hydrogen) atoms. The van der Waals surface area contributed by atoms with Crippen molar-refractivity contribution in [3.05, 3.63) is 93.9 Å². The first kappa shape index (κ1) is 21.7. The van der Waals surface area contributed by atoms with Crippen molar-refractivity contribution in [2.24, 2.45) is 0 Å². The fraction of sp³-hybridized carbons (Fsp3) is 0.308. The highest BCUT2D eigenvalue weighted by molar-refractivity contribution is 5.93. The van der Waals surface area contributed by atoms with Crippen molar-refractivity contribution < 1.29 is 9.53 Å². The number of pyridine rings is 1. The maximum Gasteiger partial charge on any atom is 0.263 e. The van der Waals surface area contributed by atoms with Gasteiger partial charge in [0.15, 0.2) is 0 Å². The SMILES string of the molecule is COc1ccc(N2CCCN(C(=O)c3cccn(Cc4cccc(C)c4)c3=O)CC2)cc1. The number of benzene rings is 2. The molecule has 0 saturated carbocycles. The first-order valence-corrected chi connectivity index (χ1v) is 11.0. The number of carbonyl (C=O) groups is 1. The number of carbonyl (C=O) groups excluding carboxylic acids is 1. The number of amides is 1. The van der Waals surface area contributed by atoms with Crippen LogP contribution in [0.25, 0.3) is 0 Å². The molecule has 1 fully saturated rings. The van der Waals surface area contributed by atoms with Crippen LogP contribution >= 0.6 is 0 Å². The molecule has 0 bridgehead atoms. The second-order valence-electron chi connectivity index (χ2n) is 8.17. The van der Waals surface area contributed by atoms with Crippen LogP contribution in [0.4, 0.5) is 5.69 Å². The average Bonchev–Trinajstić information content (AvgIpc) is 3.06. The number of anilines is 1. The van der Waals surface area contributed by atoms with Crippen molar-refractivity contribution >= 4 is 11.6 Å². The van der Waals surface area contributed by atoms with Gasteiger partial charge in [-0.25, -0.2) is 0 Å². The van der Waals surface area contributed by atoms with E-state index in [1.165, 1.54) is 0 Å². The molecule has 0 atom stereocenters. The molecule has 6 nitrogen and oxygen atoms in total. The number of nitrogens with zero attached hydrogens (tertiary/aromatic N) is 3. The lowest BCUT2D eigenvalue weighted by Crippen LogP contribution is -2.39. The van der Waals surface area contributed by atoms with Gasteiger partial charge in [-0.1, -0.05) is 29.8 Å². The number of methoxy groups -OCH3 is 1. The Kier molecular flexibility index (Phi) is 6.59. The van der Waals surface area contributed by atoms with Gasteiger partial charge in [0.1, 0.15) is 11.3 Å². The first-order chi connectivity index (χ1) is 15.5. The molecule has 0 N–H and O–H groups in total. The van der Waals surface area contributed by atoms with Gasteiger partial charge in [0.05, 0.1) is 13.7 Å². The summed E-state index contributed by atoms with van der Waals surface area (Å²) in [6, 6.07) is 19.5. The van der Waals surface area contributed by atoms with Gasteiger partial charge in [-0.2, -0.15) is 0 Å². The molecule has 0 unspecified atom stereocenters. The summed E-state index contributed by atoms with van der Waals surface area (Å²) in [6.45, 7) is 5.29. The van der Waals surface area contributed by atoms with Crippen molar-refractivity contribution in [1.82, 2.24) is 9.47 Å². The predicted octanol–water partition coefficient (Wildman–Crippen LogP) is 3.57. The van der Waals surface area contributed by atoms with E-state index in [0.29, 0.717) is 19.6 Å². The minimum Gasteiger partial charge on any atom is -0.497 e. The van der Waals surface area contributed by atoms with Crippen molar-refractivity contribution in [1.29, 1.82) is 0 Å². The van der Waals surface area contributed by atoms with Gasteiger partial charge in [0.25, 0.3) is 11.5 Å². The number of aryl methyl sites for hydroxylation is 1. The van der Waals surface area contributed by atoms with Crippen LogP contribution in [-0.2, 0) is 6.54 Å². The largest absolute Gasteiger partial charge is 0.497 e. The van der Waals surface area contributed by atoms with Gasteiger partial charge < -0.3 is 19.1 Å². The molecule has 3 aromatic rings. The normalized spacial score (nSPS) is 14.2. The topological polar surface area (TPSA) is 54.8 Å². The van der Waals surface area contributed by atoms with E-state index in [2.05, 4.69) is 11.0 Å². The Morgan fingerprint density at radius 2 is 1.78 bits per heavy atom. The van der Waals surface area contributed by atoms with E-state index in [1.54, 1.807) is 34.9 Å². The van der Waals surface area contributed by atoms with E-state index in [0.717, 1.165) is 42.1 Å². The van der Waals surface area contributed by atoms with Crippen LogP contribution in [0, 0.1) is 6.92 Å². The first-order valence-electron chi connectivity index (χ1n) is 11.0. The van der Waals surface area contributed by atoms with Gasteiger partial charge in [-0.3, -0.25) is 9.59 Å². The zero-order valence-electron chi connectivity index (χ0n) is 18.7. The van der Waals surface area contributed by atoms with Crippen molar-refractivity contribution in [2.45, 2.75) is 19.9 Å². The molecule has 0 radical (unpaired) electrons. The molecule has 2 heterocycles. The number of ether oxygens (including phenoxy) is 1. The highest BCUT2D eigenvalue weighted by Crippen LogP contribution is 2.21. The quantitative estimate of drug-likeness (QED) is 0.620. The van der Waals surface area contributed by atoms with E-state index >= 15 is 0 Å². The summed E-state index contributed by atoms with van der Waals surface area (Å²) in [7, 11) is 1.66. The lowest BCUT2D eigenvalue weighted by atomic mass is 10.1. The second kappa shape index (κ2) is 9.73. The third-order valence-corrected chi connectivity index (χ3v) is 5.91. The molecule has 0 spiro atoms. The van der Waals surface area contributed by atoms with Crippen LogP contribution in [0.1, 0.15) is 27.9 Å². The Morgan fingerprint density at radius 3 is 2.53 bits per heavy atom. The summed E-state index contributed by atoms with van der Waals surface area (Å²) in [5.41, 5.74) is 3.30. The highest BCUT2D eigenvalue weighted by Gasteiger charge is 2.23. The summed E-state index contributed by atoms with van der Waals surface area (Å²) in [6.07, 6.45) is 2.59. The molecular formula is C26H29N3O3. The third kappa shape index (κ3) is 4.85. The molecule has 1 aliphatic rings. The number of aromatic nitrogens is 1. The number of rotatable bonds is 5. The minimum absolute atomic E-state index is 0.190. The third-order valence-electron chi connectivity index (χ3n) is 5.91. The van der Waals surface area contributed by atoms with Gasteiger partial charge in [0, 0.05) is 38.1 Å². The number of hydrogen-bond acceptors (Lipinski definition) is 4. The van der Waals surface area contributed by atoms with Crippen LogP contribution in [-0.4, -0.2) is 48.7 Å². The summed E-state index contributed by atoms with van der Waals surface area (Å²) in [5.74, 6) is 0.636. The van der Waals surface area contributed by atoms with Crippen LogP contribution in [0.3, 0.4) is 0 Å². The lowest BCUT2D eigenvalue weighted by molar-refractivity contribution is 0.0764. The molecule has 6 heteroatoms. The Morgan fingerprint density at radius 1 is 0.969 bits per heavy atom. The van der Waals surface area contributed by atoms with Crippen molar-refractivity contribution in [3.63, 3.8) is 0 Å². The maximum atomic E-state index is 13.2. The van der Waals surface area contributed by atoms with E-state index in [-0.39, 0.29) is 17.0 Å². The highest BCUT2D eigenvalue weighted by atomic mass is 16.5. The van der Waals surface area contributed by atoms with Crippen LogP contribution in [0.15, 0.2) is 71.7 Å². The van der Waals surface area contributed by atoms with Crippen molar-refractivity contribution in [2.75, 3.05) is 38.2 Å². The zero-order valence-corrected chi connectivity index (χ0v) is 18.7. The molecule has 0 aliphatic carbocycles. The Bertz CT molecular complexity index is 1140. The number of hydrogen-bond donors (Lipinski definition) is 0. The Hall–Kier alpha value is -3.54. The minimum atomic E-state index is -0.240. The molecule has 1 aliphatic heterocycles. The molecule has 1 saturated heterocycles. The predicted molar refractivity (Wildman–Crippen MR) is 127 cm³/mol. The fourth-order valence-electron chi connectivity index (χ4n) is 4.17. The Labute approximate surface area is 188 Å². The summed E-state index contributed by atoms with van der Waals surface area (Å²) in [4.78, 5) is 30.4. The Balaban J connectivity index is 1.47. The van der Waals surface area contributed by atoms with Crippen LogP contribution in [0.5, 0.6) is 5.75 Å². The van der Waals surface area contributed by atoms with Gasteiger partial charge in [-0.15, -0.1) is 0 Å². The van der Waals surface area contributed by atoms with Gasteiger partial charge in [0.2, 0.25) is 0 Å². The van der Waals surface area contributed by atoms with Gasteiger partial charge >= 0.3 is 0 Å². The monoisotopic (exact) mass is 431 g/mol. The van der Waals surface area contributed by atoms with Crippen LogP contribution < -0.4 is 15.2 Å².